The van der Waals surface area contributed by atoms with Crippen LogP contribution in [0.1, 0.15) is 21.7 Å². The molecule has 36 heavy (non-hydrogen) atoms. The van der Waals surface area contributed by atoms with Gasteiger partial charge in [-0.05, 0) is 25.0 Å². The van der Waals surface area contributed by atoms with Gasteiger partial charge in [-0.1, -0.05) is 59.3 Å². The molecule has 0 aliphatic rings. The lowest BCUT2D eigenvalue weighted by Crippen LogP contribution is -2.49. The Balaban J connectivity index is 1.43. The molecule has 184 valence electrons. The highest BCUT2D eigenvalue weighted by atomic mass is 32.1. The number of carbonyl (C=O) groups excluding carboxylic acids is 3. The maximum atomic E-state index is 13.0. The number of hydrogen-bond acceptors (Lipinski definition) is 7. The highest BCUT2D eigenvalue weighted by molar-refractivity contribution is 7.09. The quantitative estimate of drug-likeness (QED) is 0.322. The van der Waals surface area contributed by atoms with E-state index in [-0.39, 0.29) is 19.5 Å². The summed E-state index contributed by atoms with van der Waals surface area (Å²) in [6.45, 7) is 4.02. The molecule has 0 aliphatic heterocycles. The summed E-state index contributed by atoms with van der Waals surface area (Å²) in [6, 6.07) is 14.2. The van der Waals surface area contributed by atoms with Crippen molar-refractivity contribution in [3.63, 3.8) is 0 Å². The topological polar surface area (TPSA) is 119 Å². The van der Waals surface area contributed by atoms with Gasteiger partial charge in [-0.2, -0.15) is 0 Å². The first kappa shape index (κ1) is 24.9. The van der Waals surface area contributed by atoms with Crippen LogP contribution >= 0.6 is 11.3 Å². The van der Waals surface area contributed by atoms with Crippen LogP contribution in [-0.2, 0) is 33.9 Å². The van der Waals surface area contributed by atoms with E-state index in [1.54, 1.807) is 17.8 Å². The first-order valence-electron chi connectivity index (χ1n) is 11.4. The van der Waals surface area contributed by atoms with Crippen molar-refractivity contribution < 1.29 is 14.4 Å². The Morgan fingerprint density at radius 1 is 1.08 bits per heavy atom. The van der Waals surface area contributed by atoms with Gasteiger partial charge in [0.1, 0.15) is 23.3 Å². The molecule has 0 fully saturated rings. The highest BCUT2D eigenvalue weighted by Gasteiger charge is 2.27. The van der Waals surface area contributed by atoms with Crippen LogP contribution in [-0.4, -0.2) is 43.6 Å². The number of carbonyl (C=O) groups is 3. The fourth-order valence-electron chi connectivity index (χ4n) is 3.79. The molecule has 0 bridgehead atoms. The number of benzene rings is 2. The van der Waals surface area contributed by atoms with Gasteiger partial charge < -0.3 is 10.6 Å². The molecular weight excluding hydrogens is 476 g/mol. The SMILES string of the molecule is Cc1ccc(-c2cn(CC(=O)N[C@H](Cc3ccccc3)C(=O)C(=O)NCc3nccs3)nn2)c(C)c1. The van der Waals surface area contributed by atoms with Crippen LogP contribution < -0.4 is 10.6 Å². The van der Waals surface area contributed by atoms with Gasteiger partial charge in [-0.3, -0.25) is 14.4 Å². The van der Waals surface area contributed by atoms with Gasteiger partial charge in [0.15, 0.2) is 0 Å². The number of hydrogen-bond donors (Lipinski definition) is 2. The summed E-state index contributed by atoms with van der Waals surface area (Å²) in [5, 5.41) is 16.0. The maximum absolute atomic E-state index is 13.0. The first-order chi connectivity index (χ1) is 17.4. The van der Waals surface area contributed by atoms with Gasteiger partial charge in [0, 0.05) is 23.6 Å². The van der Waals surface area contributed by atoms with E-state index < -0.39 is 23.6 Å². The van der Waals surface area contributed by atoms with E-state index in [2.05, 4.69) is 32.0 Å². The zero-order chi connectivity index (χ0) is 25.5. The number of ketones is 1. The van der Waals surface area contributed by atoms with E-state index in [9.17, 15) is 14.4 Å². The standard InChI is InChI=1S/C26H26N6O3S/c1-17-8-9-20(18(2)12-17)22-15-32(31-30-22)16-23(33)29-21(13-19-6-4-3-5-7-19)25(34)26(35)28-14-24-27-10-11-36-24/h3-12,15,21H,13-14,16H2,1-2H3,(H,28,35)(H,29,33)/t21-/m1/s1. The molecule has 0 saturated carbocycles. The van der Waals surface area contributed by atoms with Gasteiger partial charge in [0.2, 0.25) is 11.7 Å². The Hall–Kier alpha value is -4.18. The van der Waals surface area contributed by atoms with Crippen LogP contribution in [0.25, 0.3) is 11.3 Å². The molecule has 0 aliphatic carbocycles. The molecule has 4 aromatic rings. The van der Waals surface area contributed by atoms with E-state index in [4.69, 9.17) is 0 Å². The minimum Gasteiger partial charge on any atom is -0.344 e. The summed E-state index contributed by atoms with van der Waals surface area (Å²) in [5.41, 5.74) is 4.61. The van der Waals surface area contributed by atoms with Crippen molar-refractivity contribution in [1.29, 1.82) is 0 Å². The lowest BCUT2D eigenvalue weighted by molar-refractivity contribution is -0.140. The van der Waals surface area contributed by atoms with E-state index >= 15 is 0 Å². The van der Waals surface area contributed by atoms with Crippen LogP contribution in [0.3, 0.4) is 0 Å². The van der Waals surface area contributed by atoms with Crippen molar-refractivity contribution in [2.75, 3.05) is 0 Å². The number of amides is 2. The molecule has 9 nitrogen and oxygen atoms in total. The van der Waals surface area contributed by atoms with Crippen LogP contribution in [0.4, 0.5) is 0 Å². The Kier molecular flexibility index (Phi) is 7.96. The number of Topliss-reactive ketones (excluding diaryl/α,β-unsaturated/α-hetero) is 1. The van der Waals surface area contributed by atoms with E-state index in [1.807, 2.05) is 56.3 Å². The second kappa shape index (κ2) is 11.5. The van der Waals surface area contributed by atoms with E-state index in [0.717, 1.165) is 22.3 Å². The summed E-state index contributed by atoms with van der Waals surface area (Å²) in [4.78, 5) is 42.5. The normalized spacial score (nSPS) is 11.6. The van der Waals surface area contributed by atoms with Crippen molar-refractivity contribution in [2.24, 2.45) is 0 Å². The summed E-state index contributed by atoms with van der Waals surface area (Å²) >= 11 is 1.38. The van der Waals surface area contributed by atoms with Crippen molar-refractivity contribution in [2.45, 2.75) is 39.4 Å². The zero-order valence-electron chi connectivity index (χ0n) is 20.0. The summed E-state index contributed by atoms with van der Waals surface area (Å²) in [5.74, 6) is -1.95. The molecule has 2 aromatic heterocycles. The molecular formula is C26H26N6O3S. The predicted molar refractivity (Wildman–Crippen MR) is 136 cm³/mol. The first-order valence-corrected chi connectivity index (χ1v) is 12.3. The minimum absolute atomic E-state index is 0.142. The van der Waals surface area contributed by atoms with Crippen molar-refractivity contribution in [3.8, 4) is 11.3 Å². The summed E-state index contributed by atoms with van der Waals surface area (Å²) in [7, 11) is 0. The Bertz CT molecular complexity index is 1350. The molecule has 1 atom stereocenters. The van der Waals surface area contributed by atoms with Crippen LogP contribution in [0, 0.1) is 13.8 Å². The molecule has 2 heterocycles. The molecule has 0 spiro atoms. The van der Waals surface area contributed by atoms with Gasteiger partial charge in [0.25, 0.3) is 5.91 Å². The number of rotatable bonds is 10. The molecule has 0 saturated heterocycles. The second-order valence-corrected chi connectivity index (χ2v) is 9.38. The van der Waals surface area contributed by atoms with E-state index in [0.29, 0.717) is 10.7 Å². The number of nitrogens with zero attached hydrogens (tertiary/aromatic N) is 4. The average molecular weight is 503 g/mol. The predicted octanol–water partition coefficient (Wildman–Crippen LogP) is 2.63. The lowest BCUT2D eigenvalue weighted by atomic mass is 10.0. The zero-order valence-corrected chi connectivity index (χ0v) is 20.8. The molecule has 0 unspecified atom stereocenters. The van der Waals surface area contributed by atoms with Crippen LogP contribution in [0.2, 0.25) is 0 Å². The Morgan fingerprint density at radius 2 is 1.89 bits per heavy atom. The summed E-state index contributed by atoms with van der Waals surface area (Å²) < 4.78 is 1.41. The average Bonchev–Trinajstić information content (AvgIpc) is 3.55. The van der Waals surface area contributed by atoms with Gasteiger partial charge in [0.05, 0.1) is 12.7 Å². The molecule has 2 N–H and O–H groups in total. The molecule has 10 heteroatoms. The number of aryl methyl sites for hydroxylation is 2. The minimum atomic E-state index is -1.03. The van der Waals surface area contributed by atoms with Crippen LogP contribution in [0.5, 0.6) is 0 Å². The third-order valence-corrected chi connectivity index (χ3v) is 6.32. The Labute approximate surface area is 212 Å². The van der Waals surface area contributed by atoms with Gasteiger partial charge in [-0.25, -0.2) is 9.67 Å². The number of thiazole rings is 1. The maximum Gasteiger partial charge on any atom is 0.289 e. The van der Waals surface area contributed by atoms with E-state index in [1.165, 1.54) is 16.0 Å². The fraction of sp³-hybridized carbons (Fsp3) is 0.231. The molecule has 0 radical (unpaired) electrons. The second-order valence-electron chi connectivity index (χ2n) is 8.40. The third-order valence-electron chi connectivity index (χ3n) is 5.54. The fourth-order valence-corrected chi connectivity index (χ4v) is 4.34. The van der Waals surface area contributed by atoms with Crippen molar-refractivity contribution in [3.05, 3.63) is 88.0 Å². The molecule has 2 amide bonds. The van der Waals surface area contributed by atoms with Gasteiger partial charge in [-0.15, -0.1) is 16.4 Å². The lowest BCUT2D eigenvalue weighted by Gasteiger charge is -2.17. The van der Waals surface area contributed by atoms with Crippen molar-refractivity contribution in [1.82, 2.24) is 30.6 Å². The third kappa shape index (κ3) is 6.48. The molecule has 2 aromatic carbocycles. The highest BCUT2D eigenvalue weighted by Crippen LogP contribution is 2.21. The smallest absolute Gasteiger partial charge is 0.289 e. The largest absolute Gasteiger partial charge is 0.344 e. The monoisotopic (exact) mass is 502 g/mol. The summed E-state index contributed by atoms with van der Waals surface area (Å²) in [6.07, 6.45) is 3.50. The van der Waals surface area contributed by atoms with Crippen LogP contribution in [0.15, 0.2) is 66.3 Å². The number of nitrogens with one attached hydrogen (secondary N) is 2. The number of aromatic nitrogens is 4. The molecule has 4 rings (SSSR count). The Morgan fingerprint density at radius 3 is 2.61 bits per heavy atom. The van der Waals surface area contributed by atoms with Crippen molar-refractivity contribution >= 4 is 28.9 Å². The van der Waals surface area contributed by atoms with Gasteiger partial charge >= 0.3 is 0 Å².